The van der Waals surface area contributed by atoms with Gasteiger partial charge in [-0.05, 0) is 61.5 Å². The summed E-state index contributed by atoms with van der Waals surface area (Å²) in [6, 6.07) is 14.6. The highest BCUT2D eigenvalue weighted by Crippen LogP contribution is 2.16. The van der Waals surface area contributed by atoms with Crippen LogP contribution < -0.4 is 16.0 Å². The van der Waals surface area contributed by atoms with Crippen molar-refractivity contribution in [1.29, 1.82) is 0 Å². The van der Waals surface area contributed by atoms with Gasteiger partial charge in [-0.3, -0.25) is 9.59 Å². The van der Waals surface area contributed by atoms with Crippen LogP contribution in [0.2, 0.25) is 0 Å². The summed E-state index contributed by atoms with van der Waals surface area (Å²) in [4.78, 5) is 24.3. The molecule has 0 unspecified atom stereocenters. The third-order valence-corrected chi connectivity index (χ3v) is 4.75. The smallest absolute Gasteiger partial charge is 0.255 e. The molecule has 0 heterocycles. The summed E-state index contributed by atoms with van der Waals surface area (Å²) in [6.07, 6.45) is 5.99. The molecule has 29 heavy (non-hydrogen) atoms. The van der Waals surface area contributed by atoms with Crippen LogP contribution in [0.25, 0.3) is 0 Å². The lowest BCUT2D eigenvalue weighted by Crippen LogP contribution is -2.33. The fraction of sp³-hybridized carbons (Fsp3) is 0.348. The summed E-state index contributed by atoms with van der Waals surface area (Å²) in [5.74, 6) is -0.216. The van der Waals surface area contributed by atoms with Gasteiger partial charge in [-0.25, -0.2) is 0 Å². The zero-order chi connectivity index (χ0) is 21.1. The number of aryl methyl sites for hydroxylation is 1. The zero-order valence-electron chi connectivity index (χ0n) is 17.1. The number of unbranched alkanes of at least 4 members (excludes halogenated alkanes) is 4. The van der Waals surface area contributed by atoms with Gasteiger partial charge < -0.3 is 16.0 Å². The molecular weight excluding hydrogens is 382 g/mol. The highest BCUT2D eigenvalue weighted by atomic mass is 32.1. The summed E-state index contributed by atoms with van der Waals surface area (Å²) >= 11 is 5.20. The summed E-state index contributed by atoms with van der Waals surface area (Å²) in [7, 11) is 0. The van der Waals surface area contributed by atoms with E-state index >= 15 is 0 Å². The predicted molar refractivity (Wildman–Crippen MR) is 123 cm³/mol. The maximum Gasteiger partial charge on any atom is 0.255 e. The molecule has 3 N–H and O–H groups in total. The van der Waals surface area contributed by atoms with Crippen LogP contribution in [0.15, 0.2) is 48.5 Å². The van der Waals surface area contributed by atoms with E-state index in [9.17, 15) is 9.59 Å². The van der Waals surface area contributed by atoms with Gasteiger partial charge in [0.25, 0.3) is 5.91 Å². The van der Waals surface area contributed by atoms with Crippen molar-refractivity contribution in [2.45, 2.75) is 52.4 Å². The Labute approximate surface area is 178 Å². The molecule has 0 fully saturated rings. The van der Waals surface area contributed by atoms with Crippen molar-refractivity contribution < 1.29 is 9.59 Å². The Balaban J connectivity index is 1.78. The molecule has 0 saturated heterocycles. The van der Waals surface area contributed by atoms with Gasteiger partial charge in [0.15, 0.2) is 5.11 Å². The minimum absolute atomic E-state index is 0.0684. The molecule has 0 bridgehead atoms. The standard InChI is InChI=1S/C23H29N3O2S/c1-3-4-5-6-7-12-21(27)26-23(29)25-19-15-13-18(14-16-19)24-22(28)20-11-9-8-10-17(20)2/h8-11,13-16H,3-7,12H2,1-2H3,(H,24,28)(H2,25,26,27,29). The highest BCUT2D eigenvalue weighted by molar-refractivity contribution is 7.80. The molecule has 2 rings (SSSR count). The normalized spacial score (nSPS) is 10.3. The van der Waals surface area contributed by atoms with E-state index in [1.54, 1.807) is 30.3 Å². The summed E-state index contributed by atoms with van der Waals surface area (Å²) in [5.41, 5.74) is 3.00. The molecule has 0 radical (unpaired) electrons. The Morgan fingerprint density at radius 3 is 2.14 bits per heavy atom. The van der Waals surface area contributed by atoms with Crippen molar-refractivity contribution in [3.05, 3.63) is 59.7 Å². The number of anilines is 2. The fourth-order valence-electron chi connectivity index (χ4n) is 2.90. The third-order valence-electron chi connectivity index (χ3n) is 4.55. The molecule has 0 aliphatic heterocycles. The second kappa shape index (κ2) is 12.0. The highest BCUT2D eigenvalue weighted by Gasteiger charge is 2.09. The number of amides is 2. The van der Waals surface area contributed by atoms with Crippen molar-refractivity contribution in [3.63, 3.8) is 0 Å². The summed E-state index contributed by atoms with van der Waals surface area (Å²) in [5, 5.41) is 8.86. The lowest BCUT2D eigenvalue weighted by molar-refractivity contribution is -0.119. The first-order chi connectivity index (χ1) is 14.0. The average molecular weight is 412 g/mol. The van der Waals surface area contributed by atoms with Gasteiger partial charge in [0, 0.05) is 23.4 Å². The van der Waals surface area contributed by atoms with Crippen LogP contribution >= 0.6 is 12.2 Å². The number of benzene rings is 2. The van der Waals surface area contributed by atoms with E-state index in [0.29, 0.717) is 17.7 Å². The maximum atomic E-state index is 12.4. The predicted octanol–water partition coefficient (Wildman–Crippen LogP) is 5.42. The van der Waals surface area contributed by atoms with Crippen molar-refractivity contribution >= 4 is 40.5 Å². The van der Waals surface area contributed by atoms with E-state index in [1.807, 2.05) is 25.1 Å². The largest absolute Gasteiger partial charge is 0.332 e. The van der Waals surface area contributed by atoms with Crippen LogP contribution in [0.3, 0.4) is 0 Å². The van der Waals surface area contributed by atoms with Gasteiger partial charge in [0.2, 0.25) is 5.91 Å². The quantitative estimate of drug-likeness (QED) is 0.381. The molecule has 0 aliphatic carbocycles. The first kappa shape index (κ1) is 22.6. The van der Waals surface area contributed by atoms with Crippen LogP contribution in [0.4, 0.5) is 11.4 Å². The maximum absolute atomic E-state index is 12.4. The van der Waals surface area contributed by atoms with E-state index in [2.05, 4.69) is 22.9 Å². The van der Waals surface area contributed by atoms with E-state index in [4.69, 9.17) is 12.2 Å². The Morgan fingerprint density at radius 1 is 0.862 bits per heavy atom. The minimum Gasteiger partial charge on any atom is -0.332 e. The monoisotopic (exact) mass is 411 g/mol. The molecular formula is C23H29N3O2S. The van der Waals surface area contributed by atoms with Crippen LogP contribution in [-0.2, 0) is 4.79 Å². The van der Waals surface area contributed by atoms with Gasteiger partial charge in [0.1, 0.15) is 0 Å². The fourth-order valence-corrected chi connectivity index (χ4v) is 3.14. The molecule has 2 aromatic carbocycles. The summed E-state index contributed by atoms with van der Waals surface area (Å²) < 4.78 is 0. The molecule has 2 aromatic rings. The molecule has 0 saturated carbocycles. The number of thiocarbonyl (C=S) groups is 1. The second-order valence-corrected chi connectivity index (χ2v) is 7.42. The Morgan fingerprint density at radius 2 is 1.48 bits per heavy atom. The Hall–Kier alpha value is -2.73. The van der Waals surface area contributed by atoms with Crippen molar-refractivity contribution in [2.75, 3.05) is 10.6 Å². The van der Waals surface area contributed by atoms with Gasteiger partial charge in [-0.1, -0.05) is 50.8 Å². The molecule has 0 aliphatic rings. The van der Waals surface area contributed by atoms with E-state index < -0.39 is 0 Å². The Kier molecular flexibility index (Phi) is 9.31. The third kappa shape index (κ3) is 8.03. The van der Waals surface area contributed by atoms with E-state index in [-0.39, 0.29) is 16.9 Å². The van der Waals surface area contributed by atoms with Gasteiger partial charge in [0.05, 0.1) is 0 Å². The van der Waals surface area contributed by atoms with Gasteiger partial charge in [-0.15, -0.1) is 0 Å². The molecule has 6 heteroatoms. The first-order valence-electron chi connectivity index (χ1n) is 10.1. The van der Waals surface area contributed by atoms with Crippen LogP contribution in [0.1, 0.15) is 61.4 Å². The SMILES string of the molecule is CCCCCCCC(=O)NC(=S)Nc1ccc(NC(=O)c2ccccc2C)cc1. The number of nitrogens with one attached hydrogen (secondary N) is 3. The zero-order valence-corrected chi connectivity index (χ0v) is 17.9. The number of rotatable bonds is 9. The molecule has 5 nitrogen and oxygen atoms in total. The summed E-state index contributed by atoms with van der Waals surface area (Å²) in [6.45, 7) is 4.07. The van der Waals surface area contributed by atoms with Crippen LogP contribution in [0.5, 0.6) is 0 Å². The number of carbonyl (C=O) groups excluding carboxylic acids is 2. The minimum atomic E-state index is -0.148. The second-order valence-electron chi connectivity index (χ2n) is 7.01. The van der Waals surface area contributed by atoms with Gasteiger partial charge in [-0.2, -0.15) is 0 Å². The molecule has 2 amide bonds. The van der Waals surface area contributed by atoms with Crippen molar-refractivity contribution in [3.8, 4) is 0 Å². The number of hydrogen-bond acceptors (Lipinski definition) is 3. The topological polar surface area (TPSA) is 70.2 Å². The lowest BCUT2D eigenvalue weighted by Gasteiger charge is -2.11. The van der Waals surface area contributed by atoms with Crippen molar-refractivity contribution in [2.24, 2.45) is 0 Å². The first-order valence-corrected chi connectivity index (χ1v) is 10.5. The lowest BCUT2D eigenvalue weighted by atomic mass is 10.1. The molecule has 0 spiro atoms. The van der Waals surface area contributed by atoms with E-state index in [0.717, 1.165) is 24.1 Å². The molecule has 154 valence electrons. The van der Waals surface area contributed by atoms with Crippen LogP contribution in [0, 0.1) is 6.92 Å². The number of carbonyl (C=O) groups is 2. The molecule has 0 atom stereocenters. The van der Waals surface area contributed by atoms with Crippen molar-refractivity contribution in [1.82, 2.24) is 5.32 Å². The number of hydrogen-bond donors (Lipinski definition) is 3. The Bertz CT molecular complexity index is 834. The van der Waals surface area contributed by atoms with Gasteiger partial charge >= 0.3 is 0 Å². The van der Waals surface area contributed by atoms with E-state index in [1.165, 1.54) is 19.3 Å². The van der Waals surface area contributed by atoms with Crippen LogP contribution in [-0.4, -0.2) is 16.9 Å². The average Bonchev–Trinajstić information content (AvgIpc) is 2.69. The molecule has 0 aromatic heterocycles.